The first-order chi connectivity index (χ1) is 19.2. The minimum Gasteiger partial charge on any atom is -0.495 e. The summed E-state index contributed by atoms with van der Waals surface area (Å²) < 4.78 is 72.5. The number of methoxy groups -OCH3 is 1. The Kier molecular flexibility index (Phi) is 10.7. The number of carbonyl (C=O) groups is 1. The van der Waals surface area contributed by atoms with Crippen molar-refractivity contribution in [1.82, 2.24) is 24.7 Å². The van der Waals surface area contributed by atoms with E-state index in [1.807, 2.05) is 19.0 Å². The number of halogens is 3. The second-order valence-corrected chi connectivity index (χ2v) is 12.0. The molecule has 1 fully saturated rings. The van der Waals surface area contributed by atoms with Gasteiger partial charge in [-0.1, -0.05) is 12.8 Å². The number of hydrogen-bond donors (Lipinski definition) is 3. The van der Waals surface area contributed by atoms with Crippen LogP contribution in [0.4, 0.5) is 30.6 Å². The average Bonchev–Trinajstić information content (AvgIpc) is 2.90. The number of nitrogens with one attached hydrogen (secondary N) is 3. The highest BCUT2D eigenvalue weighted by Gasteiger charge is 2.38. The fourth-order valence-corrected chi connectivity index (χ4v) is 5.10. The number of carbonyl (C=O) groups excluding carboxylic acids is 1. The van der Waals surface area contributed by atoms with Crippen LogP contribution in [0.5, 0.6) is 5.75 Å². The van der Waals surface area contributed by atoms with Gasteiger partial charge in [-0.05, 0) is 45.1 Å². The minimum absolute atomic E-state index is 0.160. The summed E-state index contributed by atoms with van der Waals surface area (Å²) in [6, 6.07) is 3.27. The summed E-state index contributed by atoms with van der Waals surface area (Å²) in [5, 5.41) is 5.69. The molecule has 228 valence electrons. The largest absolute Gasteiger partial charge is 0.495 e. The number of rotatable bonds is 12. The molecule has 2 atom stereocenters. The van der Waals surface area contributed by atoms with Crippen LogP contribution >= 0.6 is 0 Å². The molecule has 0 unspecified atom stereocenters. The third-order valence-corrected chi connectivity index (χ3v) is 7.97. The predicted octanol–water partition coefficient (Wildman–Crippen LogP) is 3.09. The summed E-state index contributed by atoms with van der Waals surface area (Å²) >= 11 is 0. The van der Waals surface area contributed by atoms with Crippen molar-refractivity contribution in [1.29, 1.82) is 0 Å². The van der Waals surface area contributed by atoms with Gasteiger partial charge in [-0.15, -0.1) is 0 Å². The number of amides is 1. The van der Waals surface area contributed by atoms with E-state index in [0.717, 1.165) is 19.1 Å². The standard InChI is InChI=1S/C25H36F3N7O5S/c1-34(2)12-13-40-33-23(36)16-10-11-19(21(14-16)39-4)31-24-29-15-17(25(26,27)28)22(32-24)30-18-8-6-7-9-20(18)35(3)41(5,37)38/h10-11,14-15,18,20H,6-9,12-13H2,1-5H3,(H,33,36)(H2,29,30,31,32)/t18-,20-/m1/s1. The molecule has 1 aliphatic rings. The topological polar surface area (TPSA) is 138 Å². The van der Waals surface area contributed by atoms with Gasteiger partial charge in [-0.3, -0.25) is 9.63 Å². The molecule has 1 saturated carbocycles. The Hall–Kier alpha value is -3.21. The molecular weight excluding hydrogens is 567 g/mol. The molecule has 1 heterocycles. The Morgan fingerprint density at radius 2 is 1.88 bits per heavy atom. The molecule has 2 aromatic rings. The van der Waals surface area contributed by atoms with Gasteiger partial charge < -0.3 is 20.3 Å². The van der Waals surface area contributed by atoms with Crippen molar-refractivity contribution in [3.05, 3.63) is 35.5 Å². The minimum atomic E-state index is -4.75. The van der Waals surface area contributed by atoms with Crippen LogP contribution in [0, 0.1) is 0 Å². The van der Waals surface area contributed by atoms with Gasteiger partial charge in [0.1, 0.15) is 17.1 Å². The van der Waals surface area contributed by atoms with E-state index in [2.05, 4.69) is 26.1 Å². The molecule has 41 heavy (non-hydrogen) atoms. The Morgan fingerprint density at radius 1 is 1.17 bits per heavy atom. The van der Waals surface area contributed by atoms with Crippen LogP contribution < -0.4 is 20.9 Å². The molecule has 3 N–H and O–H groups in total. The SMILES string of the molecule is COc1cc(C(=O)NOCCN(C)C)ccc1Nc1ncc(C(F)(F)F)c(N[C@@H]2CCCC[C@H]2N(C)S(C)(=O)=O)n1. The maximum atomic E-state index is 13.9. The van der Waals surface area contributed by atoms with E-state index in [0.29, 0.717) is 31.3 Å². The van der Waals surface area contributed by atoms with Gasteiger partial charge in [0, 0.05) is 37.4 Å². The Bertz CT molecular complexity index is 1310. The van der Waals surface area contributed by atoms with Crippen LogP contribution in [0.3, 0.4) is 0 Å². The van der Waals surface area contributed by atoms with Crippen LogP contribution in [0.15, 0.2) is 24.4 Å². The highest BCUT2D eigenvalue weighted by Crippen LogP contribution is 2.36. The Morgan fingerprint density at radius 3 is 2.51 bits per heavy atom. The van der Waals surface area contributed by atoms with E-state index < -0.39 is 45.6 Å². The Balaban J connectivity index is 1.84. The van der Waals surface area contributed by atoms with Crippen molar-refractivity contribution >= 4 is 33.4 Å². The number of likely N-dealkylation sites (N-methyl/N-ethyl adjacent to an activating group) is 2. The summed E-state index contributed by atoms with van der Waals surface area (Å²) in [5.41, 5.74) is 1.79. The number of aromatic nitrogens is 2. The molecule has 1 amide bonds. The van der Waals surface area contributed by atoms with Crippen molar-refractivity contribution in [2.45, 2.75) is 43.9 Å². The molecule has 0 aliphatic heterocycles. The van der Waals surface area contributed by atoms with E-state index in [9.17, 15) is 26.4 Å². The number of benzene rings is 1. The maximum Gasteiger partial charge on any atom is 0.421 e. The quantitative estimate of drug-likeness (QED) is 0.245. The van der Waals surface area contributed by atoms with Crippen LogP contribution in [0.1, 0.15) is 41.6 Å². The lowest BCUT2D eigenvalue weighted by Crippen LogP contribution is -2.49. The number of hydrogen-bond acceptors (Lipinski definition) is 10. The number of nitrogens with zero attached hydrogens (tertiary/aromatic N) is 4. The van der Waals surface area contributed by atoms with Crippen LogP contribution in [-0.2, 0) is 21.0 Å². The molecule has 12 nitrogen and oxygen atoms in total. The van der Waals surface area contributed by atoms with E-state index in [4.69, 9.17) is 9.57 Å². The van der Waals surface area contributed by atoms with Crippen molar-refractivity contribution in [2.75, 3.05) is 58.3 Å². The monoisotopic (exact) mass is 603 g/mol. The van der Waals surface area contributed by atoms with E-state index >= 15 is 0 Å². The molecule has 16 heteroatoms. The maximum absolute atomic E-state index is 13.9. The lowest BCUT2D eigenvalue weighted by atomic mass is 9.90. The van der Waals surface area contributed by atoms with E-state index in [1.54, 1.807) is 0 Å². The van der Waals surface area contributed by atoms with Gasteiger partial charge in [0.2, 0.25) is 16.0 Å². The molecule has 0 saturated heterocycles. The zero-order valence-electron chi connectivity index (χ0n) is 23.6. The van der Waals surface area contributed by atoms with E-state index in [-0.39, 0.29) is 23.9 Å². The molecule has 1 aromatic heterocycles. The third kappa shape index (κ3) is 8.89. The number of sulfonamides is 1. The first kappa shape index (κ1) is 32.3. The molecule has 0 spiro atoms. The van der Waals surface area contributed by atoms with Crippen LogP contribution in [0.25, 0.3) is 0 Å². The van der Waals surface area contributed by atoms with Crippen molar-refractivity contribution < 1.29 is 36.0 Å². The number of ether oxygens (including phenoxy) is 1. The normalized spacial score (nSPS) is 17.9. The van der Waals surface area contributed by atoms with Gasteiger partial charge in [0.15, 0.2) is 0 Å². The Labute approximate surface area is 237 Å². The summed E-state index contributed by atoms with van der Waals surface area (Å²) in [5.74, 6) is -0.927. The summed E-state index contributed by atoms with van der Waals surface area (Å²) in [4.78, 5) is 27.4. The zero-order chi connectivity index (χ0) is 30.4. The lowest BCUT2D eigenvalue weighted by molar-refractivity contribution is -0.137. The molecular formula is C25H36F3N7O5S. The molecule has 0 radical (unpaired) electrons. The van der Waals surface area contributed by atoms with Gasteiger partial charge in [0.05, 0.1) is 25.7 Å². The van der Waals surface area contributed by atoms with Crippen molar-refractivity contribution in [3.8, 4) is 5.75 Å². The van der Waals surface area contributed by atoms with E-state index in [1.165, 1.54) is 36.7 Å². The summed E-state index contributed by atoms with van der Waals surface area (Å²) in [6.45, 7) is 0.884. The highest BCUT2D eigenvalue weighted by atomic mass is 32.2. The fourth-order valence-electron chi connectivity index (χ4n) is 4.36. The average molecular weight is 604 g/mol. The van der Waals surface area contributed by atoms with Gasteiger partial charge >= 0.3 is 6.18 Å². The smallest absolute Gasteiger partial charge is 0.421 e. The second kappa shape index (κ2) is 13.6. The number of anilines is 3. The second-order valence-electron chi connectivity index (χ2n) is 9.96. The predicted molar refractivity (Wildman–Crippen MR) is 148 cm³/mol. The van der Waals surface area contributed by atoms with Gasteiger partial charge in [-0.25, -0.2) is 23.2 Å². The summed E-state index contributed by atoms with van der Waals surface area (Å²) in [7, 11) is 2.96. The first-order valence-electron chi connectivity index (χ1n) is 12.9. The van der Waals surface area contributed by atoms with Gasteiger partial charge in [-0.2, -0.15) is 18.2 Å². The lowest BCUT2D eigenvalue weighted by Gasteiger charge is -2.37. The first-order valence-corrected chi connectivity index (χ1v) is 14.7. The number of alkyl halides is 3. The van der Waals surface area contributed by atoms with Crippen LogP contribution in [-0.4, -0.2) is 93.2 Å². The molecule has 1 aliphatic carbocycles. The van der Waals surface area contributed by atoms with Gasteiger partial charge in [0.25, 0.3) is 5.91 Å². The highest BCUT2D eigenvalue weighted by molar-refractivity contribution is 7.88. The molecule has 1 aromatic carbocycles. The number of hydroxylamine groups is 1. The summed E-state index contributed by atoms with van der Waals surface area (Å²) in [6.07, 6.45) is -0.596. The fraction of sp³-hybridized carbons (Fsp3) is 0.560. The molecule has 0 bridgehead atoms. The van der Waals surface area contributed by atoms with Crippen molar-refractivity contribution in [2.24, 2.45) is 0 Å². The van der Waals surface area contributed by atoms with Crippen molar-refractivity contribution in [3.63, 3.8) is 0 Å². The van der Waals surface area contributed by atoms with Crippen LogP contribution in [0.2, 0.25) is 0 Å². The zero-order valence-corrected chi connectivity index (χ0v) is 24.4. The molecule has 3 rings (SSSR count). The third-order valence-electron chi connectivity index (χ3n) is 6.65.